The van der Waals surface area contributed by atoms with Crippen LogP contribution in [0.4, 0.5) is 11.5 Å². The van der Waals surface area contributed by atoms with Crippen LogP contribution in [-0.2, 0) is 6.54 Å². The number of carbonyl (C=O) groups excluding carboxylic acids is 1. The molecule has 0 saturated heterocycles. The van der Waals surface area contributed by atoms with Crippen LogP contribution < -0.4 is 11.1 Å². The van der Waals surface area contributed by atoms with Crippen molar-refractivity contribution in [3.05, 3.63) is 53.7 Å². The summed E-state index contributed by atoms with van der Waals surface area (Å²) in [6.07, 6.45) is 1.55. The van der Waals surface area contributed by atoms with Gasteiger partial charge in [-0.3, -0.25) is 9.69 Å². The largest absolute Gasteiger partial charge is 0.384 e. The van der Waals surface area contributed by atoms with Gasteiger partial charge in [-0.1, -0.05) is 19.1 Å². The van der Waals surface area contributed by atoms with E-state index in [-0.39, 0.29) is 30.7 Å². The van der Waals surface area contributed by atoms with Gasteiger partial charge in [0.05, 0.1) is 11.9 Å². The quantitative estimate of drug-likeness (QED) is 0.789. The number of pyridine rings is 1. The molecule has 1 heterocycles. The fourth-order valence-electron chi connectivity index (χ4n) is 2.34. The minimum absolute atomic E-state index is 0. The van der Waals surface area contributed by atoms with Crippen LogP contribution in [0.25, 0.3) is 0 Å². The first kappa shape index (κ1) is 23.2. The number of amides is 1. The van der Waals surface area contributed by atoms with Gasteiger partial charge in [-0.15, -0.1) is 24.8 Å². The number of hydrogen-bond acceptors (Lipinski definition) is 4. The number of anilines is 2. The summed E-state index contributed by atoms with van der Waals surface area (Å²) in [5.74, 6) is 0.275. The Kier molecular flexibility index (Phi) is 10.1. The van der Waals surface area contributed by atoms with Crippen LogP contribution in [0.3, 0.4) is 0 Å². The van der Waals surface area contributed by atoms with Crippen molar-refractivity contribution in [3.63, 3.8) is 0 Å². The van der Waals surface area contributed by atoms with Crippen molar-refractivity contribution >= 4 is 42.2 Å². The second kappa shape index (κ2) is 10.9. The Morgan fingerprint density at radius 2 is 1.80 bits per heavy atom. The first-order valence-corrected chi connectivity index (χ1v) is 7.85. The molecule has 0 radical (unpaired) electrons. The van der Waals surface area contributed by atoms with Gasteiger partial charge in [0.2, 0.25) is 0 Å². The molecule has 2 aromatic rings. The number of nitrogens with one attached hydrogen (secondary N) is 1. The fourth-order valence-corrected chi connectivity index (χ4v) is 2.34. The average Bonchev–Trinajstić information content (AvgIpc) is 2.55. The summed E-state index contributed by atoms with van der Waals surface area (Å²) in [6, 6.07) is 11.6. The molecule has 0 bridgehead atoms. The fraction of sp³-hybridized carbons (Fsp3) is 0.333. The molecule has 3 N–H and O–H groups in total. The van der Waals surface area contributed by atoms with Crippen molar-refractivity contribution in [3.8, 4) is 0 Å². The molecule has 1 aromatic heterocycles. The van der Waals surface area contributed by atoms with Gasteiger partial charge < -0.3 is 11.1 Å². The zero-order chi connectivity index (χ0) is 16.8. The molecule has 138 valence electrons. The van der Waals surface area contributed by atoms with E-state index >= 15 is 0 Å². The maximum absolute atomic E-state index is 12.2. The van der Waals surface area contributed by atoms with E-state index in [2.05, 4.69) is 36.0 Å². The molecule has 0 saturated carbocycles. The van der Waals surface area contributed by atoms with E-state index in [4.69, 9.17) is 5.73 Å². The zero-order valence-corrected chi connectivity index (χ0v) is 16.4. The monoisotopic (exact) mass is 384 g/mol. The molecule has 0 atom stereocenters. The molecule has 5 nitrogen and oxygen atoms in total. The van der Waals surface area contributed by atoms with Crippen molar-refractivity contribution in [1.82, 2.24) is 9.88 Å². The Hall–Kier alpha value is -1.82. The lowest BCUT2D eigenvalue weighted by Gasteiger charge is -2.24. The van der Waals surface area contributed by atoms with Gasteiger partial charge in [-0.25, -0.2) is 4.98 Å². The minimum atomic E-state index is -0.153. The van der Waals surface area contributed by atoms with E-state index in [0.29, 0.717) is 23.1 Å². The Labute approximate surface area is 161 Å². The lowest BCUT2D eigenvalue weighted by molar-refractivity contribution is 0.102. The molecule has 1 amide bonds. The van der Waals surface area contributed by atoms with Gasteiger partial charge >= 0.3 is 0 Å². The predicted octanol–water partition coefficient (Wildman–Crippen LogP) is 3.99. The molecule has 0 aliphatic carbocycles. The molecule has 7 heteroatoms. The van der Waals surface area contributed by atoms with Gasteiger partial charge in [0.15, 0.2) is 0 Å². The molecule has 1 aromatic carbocycles. The van der Waals surface area contributed by atoms with E-state index in [1.807, 2.05) is 24.3 Å². The number of nitrogens with zero attached hydrogens (tertiary/aromatic N) is 2. The molecule has 0 unspecified atom stereocenters. The smallest absolute Gasteiger partial charge is 0.255 e. The molecule has 0 aliphatic rings. The number of halogens is 2. The normalized spacial score (nSPS) is 10.1. The van der Waals surface area contributed by atoms with Crippen LogP contribution in [0.2, 0.25) is 0 Å². The highest BCUT2D eigenvalue weighted by Gasteiger charge is 2.09. The predicted molar refractivity (Wildman–Crippen MR) is 109 cm³/mol. The molecule has 0 fully saturated rings. The van der Waals surface area contributed by atoms with Crippen molar-refractivity contribution in [2.75, 3.05) is 17.6 Å². The van der Waals surface area contributed by atoms with Gasteiger partial charge in [0.1, 0.15) is 5.82 Å². The average molecular weight is 385 g/mol. The first-order valence-electron chi connectivity index (χ1n) is 7.85. The Morgan fingerprint density at radius 3 is 2.28 bits per heavy atom. The van der Waals surface area contributed by atoms with Crippen LogP contribution in [-0.4, -0.2) is 28.4 Å². The Balaban J connectivity index is 0.00000288. The van der Waals surface area contributed by atoms with E-state index in [1.54, 1.807) is 18.3 Å². The number of aromatic nitrogens is 1. The number of nitrogens with two attached hydrogens (primary N) is 1. The van der Waals surface area contributed by atoms with E-state index in [0.717, 1.165) is 13.1 Å². The molecule has 25 heavy (non-hydrogen) atoms. The molecular formula is C18H26Cl2N4O. The maximum atomic E-state index is 12.2. The summed E-state index contributed by atoms with van der Waals surface area (Å²) in [4.78, 5) is 18.5. The van der Waals surface area contributed by atoms with Crippen molar-refractivity contribution in [1.29, 1.82) is 0 Å². The van der Waals surface area contributed by atoms with Gasteiger partial charge in [0.25, 0.3) is 5.91 Å². The third-order valence-electron chi connectivity index (χ3n) is 3.78. The summed E-state index contributed by atoms with van der Waals surface area (Å²) < 4.78 is 0. The van der Waals surface area contributed by atoms with Crippen LogP contribution in [0, 0.1) is 0 Å². The number of benzene rings is 1. The van der Waals surface area contributed by atoms with E-state index < -0.39 is 0 Å². The third-order valence-corrected chi connectivity index (χ3v) is 3.78. The highest BCUT2D eigenvalue weighted by molar-refractivity contribution is 6.04. The van der Waals surface area contributed by atoms with Gasteiger partial charge in [-0.2, -0.15) is 0 Å². The summed E-state index contributed by atoms with van der Waals surface area (Å²) >= 11 is 0. The van der Waals surface area contributed by atoms with Crippen LogP contribution in [0.1, 0.15) is 36.7 Å². The Bertz CT molecular complexity index is 645. The number of carbonyl (C=O) groups is 1. The second-order valence-electron chi connectivity index (χ2n) is 5.78. The van der Waals surface area contributed by atoms with E-state index in [9.17, 15) is 4.79 Å². The topological polar surface area (TPSA) is 71.2 Å². The first-order chi connectivity index (χ1) is 11.0. The SMILES string of the molecule is CCN(Cc1ccc(C(=O)Nc2ccc(N)nc2)cc1)C(C)C.Cl.Cl. The lowest BCUT2D eigenvalue weighted by Crippen LogP contribution is -2.29. The van der Waals surface area contributed by atoms with Gasteiger partial charge in [-0.05, 0) is 50.2 Å². The van der Waals surface area contributed by atoms with Crippen molar-refractivity contribution in [2.45, 2.75) is 33.4 Å². The summed E-state index contributed by atoms with van der Waals surface area (Å²) in [5.41, 5.74) is 7.98. The van der Waals surface area contributed by atoms with E-state index in [1.165, 1.54) is 5.56 Å². The number of nitrogen functional groups attached to an aromatic ring is 1. The maximum Gasteiger partial charge on any atom is 0.255 e. The third kappa shape index (κ3) is 6.90. The zero-order valence-electron chi connectivity index (χ0n) is 14.7. The van der Waals surface area contributed by atoms with Gasteiger partial charge in [0, 0.05) is 18.2 Å². The lowest BCUT2D eigenvalue weighted by atomic mass is 10.1. The molecule has 0 aliphatic heterocycles. The van der Waals surface area contributed by atoms with Crippen LogP contribution in [0.15, 0.2) is 42.6 Å². The minimum Gasteiger partial charge on any atom is -0.384 e. The van der Waals surface area contributed by atoms with Crippen molar-refractivity contribution in [2.24, 2.45) is 0 Å². The Morgan fingerprint density at radius 1 is 1.16 bits per heavy atom. The van der Waals surface area contributed by atoms with Crippen LogP contribution >= 0.6 is 24.8 Å². The summed E-state index contributed by atoms with van der Waals surface area (Å²) in [6.45, 7) is 8.42. The molecular weight excluding hydrogens is 359 g/mol. The highest BCUT2D eigenvalue weighted by atomic mass is 35.5. The summed E-state index contributed by atoms with van der Waals surface area (Å²) in [5, 5.41) is 2.81. The number of hydrogen-bond donors (Lipinski definition) is 2. The standard InChI is InChI=1S/C18H24N4O.2ClH/c1-4-22(13(2)3)12-14-5-7-15(8-6-14)18(23)21-16-9-10-17(19)20-11-16;;/h5-11,13H,4,12H2,1-3H3,(H2,19,20)(H,21,23);2*1H. The molecule has 2 rings (SSSR count). The highest BCUT2D eigenvalue weighted by Crippen LogP contribution is 2.12. The second-order valence-corrected chi connectivity index (χ2v) is 5.78. The molecule has 0 spiro atoms. The van der Waals surface area contributed by atoms with Crippen molar-refractivity contribution < 1.29 is 4.79 Å². The summed E-state index contributed by atoms with van der Waals surface area (Å²) in [7, 11) is 0. The number of rotatable bonds is 6. The van der Waals surface area contributed by atoms with Crippen LogP contribution in [0.5, 0.6) is 0 Å².